The fourth-order valence-electron chi connectivity index (χ4n) is 1.90. The molecule has 0 bridgehead atoms. The summed E-state index contributed by atoms with van der Waals surface area (Å²) in [6.07, 6.45) is 5.73. The van der Waals surface area contributed by atoms with Crippen LogP contribution in [0.5, 0.6) is 0 Å². The lowest BCUT2D eigenvalue weighted by atomic mass is 10.3. The van der Waals surface area contributed by atoms with Crippen LogP contribution in [0.3, 0.4) is 0 Å². The van der Waals surface area contributed by atoms with Crippen molar-refractivity contribution < 1.29 is 0 Å². The highest BCUT2D eigenvalue weighted by Crippen LogP contribution is 2.15. The van der Waals surface area contributed by atoms with Crippen molar-refractivity contribution in [2.24, 2.45) is 7.05 Å². The molecular formula is C13H21N5. The van der Waals surface area contributed by atoms with E-state index in [4.69, 9.17) is 0 Å². The van der Waals surface area contributed by atoms with Crippen molar-refractivity contribution in [2.45, 2.75) is 32.7 Å². The molecule has 0 radical (unpaired) electrons. The standard InChI is InChI=1S/C13H21N5/c1-10(2)14-7-4-5-13-15-9-11(17-13)12-6-8-16-18(12)3/h6,8-10,14H,4-5,7H2,1-3H3,(H,15,17). The number of nitrogens with zero attached hydrogens (tertiary/aromatic N) is 3. The topological polar surface area (TPSA) is 58.5 Å². The zero-order valence-electron chi connectivity index (χ0n) is 11.3. The lowest BCUT2D eigenvalue weighted by Gasteiger charge is -2.06. The first-order valence-electron chi connectivity index (χ1n) is 6.42. The molecule has 0 aliphatic rings. The number of hydrogen-bond acceptors (Lipinski definition) is 3. The molecule has 0 spiro atoms. The highest BCUT2D eigenvalue weighted by Gasteiger charge is 2.06. The van der Waals surface area contributed by atoms with Crippen LogP contribution in [0.2, 0.25) is 0 Å². The Morgan fingerprint density at radius 3 is 2.94 bits per heavy atom. The molecule has 18 heavy (non-hydrogen) atoms. The Balaban J connectivity index is 1.89. The lowest BCUT2D eigenvalue weighted by Crippen LogP contribution is -2.24. The summed E-state index contributed by atoms with van der Waals surface area (Å²) in [6.45, 7) is 5.35. The summed E-state index contributed by atoms with van der Waals surface area (Å²) in [5.41, 5.74) is 2.09. The minimum absolute atomic E-state index is 0.548. The third-order valence-electron chi connectivity index (χ3n) is 2.87. The van der Waals surface area contributed by atoms with Gasteiger partial charge in [0.05, 0.1) is 17.6 Å². The molecule has 2 aromatic rings. The monoisotopic (exact) mass is 247 g/mol. The first kappa shape index (κ1) is 12.8. The Morgan fingerprint density at radius 1 is 1.44 bits per heavy atom. The Labute approximate surface area is 108 Å². The molecule has 98 valence electrons. The van der Waals surface area contributed by atoms with Gasteiger partial charge >= 0.3 is 0 Å². The van der Waals surface area contributed by atoms with Gasteiger partial charge in [0.25, 0.3) is 0 Å². The van der Waals surface area contributed by atoms with Crippen LogP contribution < -0.4 is 5.32 Å². The summed E-state index contributed by atoms with van der Waals surface area (Å²) in [6, 6.07) is 2.53. The molecule has 2 aromatic heterocycles. The Kier molecular flexibility index (Phi) is 4.15. The molecular weight excluding hydrogens is 226 g/mol. The minimum Gasteiger partial charge on any atom is -0.341 e. The largest absolute Gasteiger partial charge is 0.341 e. The number of aromatic amines is 1. The molecule has 5 nitrogen and oxygen atoms in total. The maximum absolute atomic E-state index is 4.41. The van der Waals surface area contributed by atoms with E-state index in [2.05, 4.69) is 34.2 Å². The van der Waals surface area contributed by atoms with Crippen LogP contribution in [0, 0.1) is 0 Å². The number of aromatic nitrogens is 4. The van der Waals surface area contributed by atoms with Crippen molar-refractivity contribution in [2.75, 3.05) is 6.54 Å². The quantitative estimate of drug-likeness (QED) is 0.764. The molecule has 2 heterocycles. The van der Waals surface area contributed by atoms with Crippen LogP contribution in [0.4, 0.5) is 0 Å². The SMILES string of the molecule is CC(C)NCCCc1ncc(-c2ccnn2C)[nH]1. The number of imidazole rings is 1. The molecule has 0 fully saturated rings. The average Bonchev–Trinajstić information content (AvgIpc) is 2.92. The fourth-order valence-corrected chi connectivity index (χ4v) is 1.90. The van der Waals surface area contributed by atoms with Gasteiger partial charge in [-0.25, -0.2) is 4.98 Å². The number of hydrogen-bond donors (Lipinski definition) is 2. The van der Waals surface area contributed by atoms with Gasteiger partial charge in [0.15, 0.2) is 0 Å². The summed E-state index contributed by atoms with van der Waals surface area (Å²) in [7, 11) is 1.93. The normalized spacial score (nSPS) is 11.3. The van der Waals surface area contributed by atoms with Crippen molar-refractivity contribution in [1.82, 2.24) is 25.1 Å². The van der Waals surface area contributed by atoms with E-state index in [-0.39, 0.29) is 0 Å². The first-order chi connectivity index (χ1) is 8.66. The van der Waals surface area contributed by atoms with Gasteiger partial charge in [-0.2, -0.15) is 5.10 Å². The highest BCUT2D eigenvalue weighted by molar-refractivity contribution is 5.52. The molecule has 0 atom stereocenters. The van der Waals surface area contributed by atoms with E-state index < -0.39 is 0 Å². The lowest BCUT2D eigenvalue weighted by molar-refractivity contribution is 0.567. The van der Waals surface area contributed by atoms with E-state index >= 15 is 0 Å². The predicted octanol–water partition coefficient (Wildman–Crippen LogP) is 1.74. The Morgan fingerprint density at radius 2 is 2.28 bits per heavy atom. The second-order valence-corrected chi connectivity index (χ2v) is 4.80. The highest BCUT2D eigenvalue weighted by atomic mass is 15.3. The molecule has 2 N–H and O–H groups in total. The second-order valence-electron chi connectivity index (χ2n) is 4.80. The van der Waals surface area contributed by atoms with Crippen molar-refractivity contribution >= 4 is 0 Å². The van der Waals surface area contributed by atoms with Crippen LogP contribution in [0.1, 0.15) is 26.1 Å². The van der Waals surface area contributed by atoms with E-state index in [1.807, 2.05) is 24.0 Å². The van der Waals surface area contributed by atoms with E-state index in [9.17, 15) is 0 Å². The molecule has 2 rings (SSSR count). The molecule has 0 unspecified atom stereocenters. The summed E-state index contributed by atoms with van der Waals surface area (Å²) in [5, 5.41) is 7.56. The summed E-state index contributed by atoms with van der Waals surface area (Å²) in [4.78, 5) is 7.75. The molecule has 0 aliphatic heterocycles. The van der Waals surface area contributed by atoms with Gasteiger partial charge in [0.2, 0.25) is 0 Å². The minimum atomic E-state index is 0.548. The molecule has 5 heteroatoms. The smallest absolute Gasteiger partial charge is 0.106 e. The second kappa shape index (κ2) is 5.82. The Bertz CT molecular complexity index is 483. The van der Waals surface area contributed by atoms with E-state index in [0.29, 0.717) is 6.04 Å². The summed E-state index contributed by atoms with van der Waals surface area (Å²) >= 11 is 0. The maximum Gasteiger partial charge on any atom is 0.106 e. The van der Waals surface area contributed by atoms with Gasteiger partial charge in [-0.15, -0.1) is 0 Å². The number of aryl methyl sites for hydroxylation is 2. The molecule has 0 amide bonds. The van der Waals surface area contributed by atoms with Gasteiger partial charge in [0.1, 0.15) is 5.82 Å². The van der Waals surface area contributed by atoms with Crippen LogP contribution in [-0.4, -0.2) is 32.3 Å². The first-order valence-corrected chi connectivity index (χ1v) is 6.42. The predicted molar refractivity (Wildman–Crippen MR) is 72.2 cm³/mol. The van der Waals surface area contributed by atoms with Crippen molar-refractivity contribution in [1.29, 1.82) is 0 Å². The fraction of sp³-hybridized carbons (Fsp3) is 0.538. The van der Waals surface area contributed by atoms with Crippen LogP contribution in [0.25, 0.3) is 11.4 Å². The van der Waals surface area contributed by atoms with E-state index in [0.717, 1.165) is 36.6 Å². The Hall–Kier alpha value is -1.62. The van der Waals surface area contributed by atoms with Crippen molar-refractivity contribution in [3.8, 4) is 11.4 Å². The molecule has 0 saturated carbocycles. The van der Waals surface area contributed by atoms with Crippen LogP contribution >= 0.6 is 0 Å². The summed E-state index contributed by atoms with van der Waals surface area (Å²) < 4.78 is 1.84. The molecule has 0 saturated heterocycles. The van der Waals surface area contributed by atoms with Gasteiger partial charge in [-0.05, 0) is 19.0 Å². The molecule has 0 aliphatic carbocycles. The van der Waals surface area contributed by atoms with Gasteiger partial charge < -0.3 is 10.3 Å². The van der Waals surface area contributed by atoms with Gasteiger partial charge in [0, 0.05) is 25.7 Å². The third kappa shape index (κ3) is 3.20. The van der Waals surface area contributed by atoms with Crippen LogP contribution in [0.15, 0.2) is 18.5 Å². The number of nitrogens with one attached hydrogen (secondary N) is 2. The molecule has 0 aromatic carbocycles. The average molecular weight is 247 g/mol. The maximum atomic E-state index is 4.41. The van der Waals surface area contributed by atoms with Gasteiger partial charge in [-0.1, -0.05) is 13.8 Å². The van der Waals surface area contributed by atoms with Crippen LogP contribution in [-0.2, 0) is 13.5 Å². The number of rotatable bonds is 6. The third-order valence-corrected chi connectivity index (χ3v) is 2.87. The number of H-pyrrole nitrogens is 1. The summed E-state index contributed by atoms with van der Waals surface area (Å²) in [5.74, 6) is 1.04. The van der Waals surface area contributed by atoms with Crippen molar-refractivity contribution in [3.05, 3.63) is 24.3 Å². The van der Waals surface area contributed by atoms with Crippen molar-refractivity contribution in [3.63, 3.8) is 0 Å². The zero-order valence-corrected chi connectivity index (χ0v) is 11.3. The zero-order chi connectivity index (χ0) is 13.0. The van der Waals surface area contributed by atoms with Gasteiger partial charge in [-0.3, -0.25) is 4.68 Å². The van der Waals surface area contributed by atoms with E-state index in [1.54, 1.807) is 6.20 Å². The van der Waals surface area contributed by atoms with E-state index in [1.165, 1.54) is 0 Å².